The van der Waals surface area contributed by atoms with Crippen molar-refractivity contribution in [1.29, 1.82) is 0 Å². The molecular formula is C17H21ClN2O. The number of rotatable bonds is 3. The van der Waals surface area contributed by atoms with E-state index < -0.39 is 0 Å². The molecule has 3 N–H and O–H groups in total. The molecule has 1 amide bonds. The Morgan fingerprint density at radius 3 is 2.81 bits per heavy atom. The molecule has 1 fully saturated rings. The van der Waals surface area contributed by atoms with Crippen LogP contribution in [0.3, 0.4) is 0 Å². The Bertz CT molecular complexity index is 554. The lowest BCUT2D eigenvalue weighted by molar-refractivity contribution is -0.117. The molecule has 2 rings (SSSR count). The van der Waals surface area contributed by atoms with E-state index in [4.69, 9.17) is 17.3 Å². The second kappa shape index (κ2) is 8.07. The van der Waals surface area contributed by atoms with Gasteiger partial charge in [-0.15, -0.1) is 0 Å². The molecule has 0 aromatic heterocycles. The highest BCUT2D eigenvalue weighted by Gasteiger charge is 2.17. The Morgan fingerprint density at radius 2 is 2.10 bits per heavy atom. The van der Waals surface area contributed by atoms with Crippen molar-refractivity contribution in [3.8, 4) is 11.8 Å². The van der Waals surface area contributed by atoms with Crippen molar-refractivity contribution < 1.29 is 4.79 Å². The van der Waals surface area contributed by atoms with E-state index in [2.05, 4.69) is 17.2 Å². The maximum absolute atomic E-state index is 12.1. The smallest absolute Gasteiger partial charge is 0.224 e. The van der Waals surface area contributed by atoms with Crippen molar-refractivity contribution in [3.05, 3.63) is 28.8 Å². The molecule has 0 radical (unpaired) electrons. The summed E-state index contributed by atoms with van der Waals surface area (Å²) < 4.78 is 0. The summed E-state index contributed by atoms with van der Waals surface area (Å²) in [7, 11) is 0. The van der Waals surface area contributed by atoms with E-state index >= 15 is 0 Å². The van der Waals surface area contributed by atoms with E-state index in [1.807, 2.05) is 0 Å². The van der Waals surface area contributed by atoms with Gasteiger partial charge in [-0.1, -0.05) is 42.7 Å². The van der Waals surface area contributed by atoms with Crippen LogP contribution in [0.2, 0.25) is 5.02 Å². The molecule has 0 atom stereocenters. The van der Waals surface area contributed by atoms with Gasteiger partial charge in [-0.2, -0.15) is 0 Å². The summed E-state index contributed by atoms with van der Waals surface area (Å²) >= 11 is 6.07. The quantitative estimate of drug-likeness (QED) is 0.839. The Morgan fingerprint density at radius 1 is 1.33 bits per heavy atom. The van der Waals surface area contributed by atoms with Gasteiger partial charge in [0.2, 0.25) is 5.91 Å². The number of benzene rings is 1. The predicted molar refractivity (Wildman–Crippen MR) is 87.2 cm³/mol. The molecule has 4 heteroatoms. The third kappa shape index (κ3) is 5.08. The van der Waals surface area contributed by atoms with Crippen LogP contribution in [-0.2, 0) is 4.79 Å². The summed E-state index contributed by atoms with van der Waals surface area (Å²) in [5, 5.41) is 3.51. The van der Waals surface area contributed by atoms with Crippen LogP contribution in [0.15, 0.2) is 18.2 Å². The molecule has 0 saturated heterocycles. The Kier molecular flexibility index (Phi) is 6.10. The first kappa shape index (κ1) is 15.9. The Balaban J connectivity index is 1.96. The van der Waals surface area contributed by atoms with Crippen molar-refractivity contribution >= 4 is 23.2 Å². The van der Waals surface area contributed by atoms with Gasteiger partial charge in [-0.25, -0.2) is 0 Å². The van der Waals surface area contributed by atoms with Gasteiger partial charge >= 0.3 is 0 Å². The van der Waals surface area contributed by atoms with E-state index in [1.54, 1.807) is 18.2 Å². The van der Waals surface area contributed by atoms with E-state index in [-0.39, 0.29) is 12.5 Å². The van der Waals surface area contributed by atoms with Crippen molar-refractivity contribution in [2.75, 3.05) is 11.9 Å². The maximum atomic E-state index is 12.1. The first-order valence-electron chi connectivity index (χ1n) is 7.47. The zero-order valence-corrected chi connectivity index (χ0v) is 12.9. The van der Waals surface area contributed by atoms with Crippen LogP contribution in [0.25, 0.3) is 0 Å². The molecule has 1 aromatic carbocycles. The van der Waals surface area contributed by atoms with Crippen LogP contribution >= 0.6 is 11.6 Å². The van der Waals surface area contributed by atoms with Gasteiger partial charge < -0.3 is 11.1 Å². The van der Waals surface area contributed by atoms with Crippen LogP contribution in [0.4, 0.5) is 5.69 Å². The van der Waals surface area contributed by atoms with Gasteiger partial charge in [0.1, 0.15) is 0 Å². The third-order valence-corrected chi connectivity index (χ3v) is 4.10. The van der Waals surface area contributed by atoms with Gasteiger partial charge in [0.05, 0.1) is 11.6 Å². The number of halogens is 1. The van der Waals surface area contributed by atoms with E-state index in [1.165, 1.54) is 32.1 Å². The van der Waals surface area contributed by atoms with E-state index in [0.29, 0.717) is 22.9 Å². The highest BCUT2D eigenvalue weighted by molar-refractivity contribution is 6.31. The first-order chi connectivity index (χ1) is 10.2. The average Bonchev–Trinajstić information content (AvgIpc) is 2.48. The average molecular weight is 305 g/mol. The molecule has 0 bridgehead atoms. The van der Waals surface area contributed by atoms with Gasteiger partial charge in [0, 0.05) is 17.7 Å². The molecule has 0 aliphatic heterocycles. The molecular weight excluding hydrogens is 284 g/mol. The summed E-state index contributed by atoms with van der Waals surface area (Å²) in [6, 6.07) is 5.34. The zero-order chi connectivity index (χ0) is 15.1. The molecule has 0 unspecified atom stereocenters. The van der Waals surface area contributed by atoms with Crippen molar-refractivity contribution in [1.82, 2.24) is 0 Å². The fourth-order valence-corrected chi connectivity index (χ4v) is 2.88. The fourth-order valence-electron chi connectivity index (χ4n) is 2.71. The second-order valence-electron chi connectivity index (χ2n) is 5.46. The minimum absolute atomic E-state index is 0.0713. The molecule has 1 saturated carbocycles. The Labute approximate surface area is 131 Å². The lowest BCUT2D eigenvalue weighted by Gasteiger charge is -2.20. The lowest BCUT2D eigenvalue weighted by atomic mass is 9.87. The fraction of sp³-hybridized carbons (Fsp3) is 0.471. The Hall–Kier alpha value is -1.50. The van der Waals surface area contributed by atoms with Gasteiger partial charge in [-0.05, 0) is 37.0 Å². The summed E-state index contributed by atoms with van der Waals surface area (Å²) in [5.41, 5.74) is 6.79. The molecule has 0 spiro atoms. The minimum Gasteiger partial charge on any atom is -0.326 e. The van der Waals surface area contributed by atoms with E-state index in [0.717, 1.165) is 5.69 Å². The molecule has 1 aliphatic rings. The number of hydrogen-bond donors (Lipinski definition) is 2. The number of hydrogen-bond acceptors (Lipinski definition) is 2. The summed E-state index contributed by atoms with van der Waals surface area (Å²) in [4.78, 5) is 12.1. The SMILES string of the molecule is NCC#Cc1cc(NC(=O)CC2CCCCC2)ccc1Cl. The minimum atomic E-state index is 0.0713. The van der Waals surface area contributed by atoms with Crippen LogP contribution in [0.1, 0.15) is 44.1 Å². The molecule has 0 heterocycles. The topological polar surface area (TPSA) is 55.1 Å². The largest absolute Gasteiger partial charge is 0.326 e. The van der Waals surface area contributed by atoms with Gasteiger partial charge in [0.15, 0.2) is 0 Å². The summed E-state index contributed by atoms with van der Waals surface area (Å²) in [5.74, 6) is 6.28. The van der Waals surface area contributed by atoms with Gasteiger partial charge in [-0.3, -0.25) is 4.79 Å². The standard InChI is InChI=1S/C17H21ClN2O/c18-16-9-8-15(12-14(16)7-4-10-19)20-17(21)11-13-5-2-1-3-6-13/h8-9,12-13H,1-3,5-6,10-11,19H2,(H,20,21). The van der Waals surface area contributed by atoms with Crippen molar-refractivity contribution in [2.45, 2.75) is 38.5 Å². The lowest BCUT2D eigenvalue weighted by Crippen LogP contribution is -2.18. The molecule has 1 aliphatic carbocycles. The number of nitrogens with one attached hydrogen (secondary N) is 1. The molecule has 112 valence electrons. The third-order valence-electron chi connectivity index (χ3n) is 3.77. The van der Waals surface area contributed by atoms with Gasteiger partial charge in [0.25, 0.3) is 0 Å². The van der Waals surface area contributed by atoms with Crippen LogP contribution < -0.4 is 11.1 Å². The number of amides is 1. The van der Waals surface area contributed by atoms with E-state index in [9.17, 15) is 4.79 Å². The second-order valence-corrected chi connectivity index (χ2v) is 5.86. The molecule has 3 nitrogen and oxygen atoms in total. The number of nitrogens with two attached hydrogens (primary N) is 1. The van der Waals surface area contributed by atoms with Crippen molar-refractivity contribution in [2.24, 2.45) is 11.7 Å². The van der Waals surface area contributed by atoms with Crippen LogP contribution in [-0.4, -0.2) is 12.5 Å². The number of anilines is 1. The predicted octanol–water partition coefficient (Wildman–Crippen LogP) is 3.56. The zero-order valence-electron chi connectivity index (χ0n) is 12.1. The number of carbonyl (C=O) groups excluding carboxylic acids is 1. The van der Waals surface area contributed by atoms with Crippen molar-refractivity contribution in [3.63, 3.8) is 0 Å². The normalized spacial score (nSPS) is 15.1. The highest BCUT2D eigenvalue weighted by atomic mass is 35.5. The highest BCUT2D eigenvalue weighted by Crippen LogP contribution is 2.27. The first-order valence-corrected chi connectivity index (χ1v) is 7.85. The maximum Gasteiger partial charge on any atom is 0.224 e. The molecule has 21 heavy (non-hydrogen) atoms. The molecule has 1 aromatic rings. The summed E-state index contributed by atoms with van der Waals surface area (Å²) in [6.45, 7) is 0.286. The van der Waals surface area contributed by atoms with Crippen LogP contribution in [0, 0.1) is 17.8 Å². The number of carbonyl (C=O) groups is 1. The van der Waals surface area contributed by atoms with Crippen LogP contribution in [0.5, 0.6) is 0 Å². The monoisotopic (exact) mass is 304 g/mol. The summed E-state index contributed by atoms with van der Waals surface area (Å²) in [6.07, 6.45) is 6.74.